The summed E-state index contributed by atoms with van der Waals surface area (Å²) in [4.78, 5) is 14.0. The Kier molecular flexibility index (Phi) is 6.41. The third kappa shape index (κ3) is 4.14. The fourth-order valence-corrected chi connectivity index (χ4v) is 4.49. The first kappa shape index (κ1) is 19.0. The summed E-state index contributed by atoms with van der Waals surface area (Å²) < 4.78 is 11.3. The number of fused-ring (bicyclic) bond motifs is 1. The van der Waals surface area contributed by atoms with Gasteiger partial charge in [0.1, 0.15) is 6.04 Å². The minimum absolute atomic E-state index is 0.366. The van der Waals surface area contributed by atoms with Gasteiger partial charge in [0, 0.05) is 12.6 Å². The van der Waals surface area contributed by atoms with Gasteiger partial charge in [0.15, 0.2) is 11.5 Å². The largest absolute Gasteiger partial charge is 0.493 e. The molecule has 5 heteroatoms. The molecule has 1 aliphatic carbocycles. The molecule has 3 rings (SSSR count). The summed E-state index contributed by atoms with van der Waals surface area (Å²) in [5, 5.41) is 9.69. The second kappa shape index (κ2) is 8.76. The molecule has 2 fully saturated rings. The molecule has 144 valence electrons. The van der Waals surface area contributed by atoms with Crippen LogP contribution in [-0.4, -0.2) is 41.8 Å². The average Bonchev–Trinajstić information content (AvgIpc) is 3.02. The molecule has 0 aromatic heterocycles. The molecule has 5 nitrogen and oxygen atoms in total. The van der Waals surface area contributed by atoms with Crippen molar-refractivity contribution in [3.8, 4) is 11.5 Å². The summed E-state index contributed by atoms with van der Waals surface area (Å²) in [5.74, 6) is 1.33. The highest BCUT2D eigenvalue weighted by molar-refractivity contribution is 5.74. The van der Waals surface area contributed by atoms with E-state index in [1.807, 2.05) is 18.2 Å². The second-order valence-corrected chi connectivity index (χ2v) is 7.56. The van der Waals surface area contributed by atoms with Crippen molar-refractivity contribution in [3.05, 3.63) is 23.8 Å². The molecule has 1 N–H and O–H groups in total. The summed E-state index contributed by atoms with van der Waals surface area (Å²) in [7, 11) is 1.65. The van der Waals surface area contributed by atoms with E-state index in [9.17, 15) is 9.90 Å². The van der Waals surface area contributed by atoms with E-state index in [2.05, 4.69) is 11.8 Å². The van der Waals surface area contributed by atoms with Crippen molar-refractivity contribution in [3.63, 3.8) is 0 Å². The van der Waals surface area contributed by atoms with Crippen LogP contribution in [0.2, 0.25) is 0 Å². The second-order valence-electron chi connectivity index (χ2n) is 7.56. The smallest absolute Gasteiger partial charge is 0.320 e. The first-order valence-corrected chi connectivity index (χ1v) is 9.92. The maximum absolute atomic E-state index is 11.8. The van der Waals surface area contributed by atoms with Gasteiger partial charge in [-0.3, -0.25) is 9.69 Å². The zero-order valence-electron chi connectivity index (χ0n) is 15.9. The highest BCUT2D eigenvalue weighted by Gasteiger charge is 2.44. The molecule has 1 heterocycles. The third-order valence-electron chi connectivity index (χ3n) is 5.85. The summed E-state index contributed by atoms with van der Waals surface area (Å²) in [6.07, 6.45) is 7.62. The van der Waals surface area contributed by atoms with Crippen molar-refractivity contribution >= 4 is 5.97 Å². The number of carboxylic acids is 1. The Bertz CT molecular complexity index is 618. The molecular formula is C21H31NO4. The van der Waals surface area contributed by atoms with Crippen LogP contribution < -0.4 is 9.47 Å². The van der Waals surface area contributed by atoms with Gasteiger partial charge in [-0.25, -0.2) is 0 Å². The van der Waals surface area contributed by atoms with Crippen LogP contribution in [0.25, 0.3) is 0 Å². The lowest BCUT2D eigenvalue weighted by atomic mass is 9.84. The van der Waals surface area contributed by atoms with E-state index < -0.39 is 5.97 Å². The number of benzene rings is 1. The molecule has 1 aromatic rings. The van der Waals surface area contributed by atoms with E-state index in [4.69, 9.17) is 9.47 Å². The van der Waals surface area contributed by atoms with Gasteiger partial charge in [-0.15, -0.1) is 0 Å². The number of ether oxygens (including phenoxy) is 2. The predicted molar refractivity (Wildman–Crippen MR) is 101 cm³/mol. The molecule has 0 radical (unpaired) electrons. The molecular weight excluding hydrogens is 330 g/mol. The van der Waals surface area contributed by atoms with Crippen molar-refractivity contribution in [2.24, 2.45) is 5.92 Å². The Morgan fingerprint density at radius 3 is 2.81 bits per heavy atom. The molecule has 0 bridgehead atoms. The number of carboxylic acid groups (broad SMARTS) is 1. The summed E-state index contributed by atoms with van der Waals surface area (Å²) >= 11 is 0. The van der Waals surface area contributed by atoms with Gasteiger partial charge in [0.05, 0.1) is 13.7 Å². The molecule has 3 unspecified atom stereocenters. The van der Waals surface area contributed by atoms with Gasteiger partial charge in [0.2, 0.25) is 0 Å². The Morgan fingerprint density at radius 1 is 1.27 bits per heavy atom. The number of hydrogen-bond donors (Lipinski definition) is 1. The standard InChI is InChI=1S/C21H31NO4/c1-3-4-11-26-19-10-9-15(12-20(19)25-2)14-22-17-8-6-5-7-16(17)13-18(22)21(23)24/h9-10,12,16-18H,3-8,11,13-14H2,1-2H3,(H,23,24). The molecule has 1 saturated heterocycles. The van der Waals surface area contributed by atoms with Gasteiger partial charge in [-0.1, -0.05) is 32.3 Å². The van der Waals surface area contributed by atoms with E-state index >= 15 is 0 Å². The van der Waals surface area contributed by atoms with Gasteiger partial charge in [0.25, 0.3) is 0 Å². The average molecular weight is 361 g/mol. The number of nitrogens with zero attached hydrogens (tertiary/aromatic N) is 1. The molecule has 3 atom stereocenters. The summed E-state index contributed by atoms with van der Waals surface area (Å²) in [5.41, 5.74) is 1.09. The molecule has 0 amide bonds. The van der Waals surface area contributed by atoms with Gasteiger partial charge >= 0.3 is 5.97 Å². The van der Waals surface area contributed by atoms with E-state index in [1.54, 1.807) is 7.11 Å². The first-order valence-electron chi connectivity index (χ1n) is 9.92. The number of unbranched alkanes of at least 4 members (excludes halogenated alkanes) is 1. The van der Waals surface area contributed by atoms with Crippen LogP contribution in [0.4, 0.5) is 0 Å². The van der Waals surface area contributed by atoms with Crippen LogP contribution in [0, 0.1) is 5.92 Å². The number of rotatable bonds is 8. The van der Waals surface area contributed by atoms with Crippen LogP contribution in [0.15, 0.2) is 18.2 Å². The Balaban J connectivity index is 1.74. The number of likely N-dealkylation sites (tertiary alicyclic amines) is 1. The maximum atomic E-state index is 11.8. The van der Waals surface area contributed by atoms with Crippen LogP contribution in [0.3, 0.4) is 0 Å². The highest BCUT2D eigenvalue weighted by atomic mass is 16.5. The van der Waals surface area contributed by atoms with Gasteiger partial charge in [-0.2, -0.15) is 0 Å². The number of hydrogen-bond acceptors (Lipinski definition) is 4. The first-order chi connectivity index (χ1) is 12.6. The SMILES string of the molecule is CCCCOc1ccc(CN2C(C(=O)O)CC3CCCCC32)cc1OC. The monoisotopic (exact) mass is 361 g/mol. The fourth-order valence-electron chi connectivity index (χ4n) is 4.49. The molecule has 1 aromatic carbocycles. The van der Waals surface area contributed by atoms with E-state index in [0.29, 0.717) is 25.1 Å². The predicted octanol–water partition coefficient (Wildman–Crippen LogP) is 4.09. The molecule has 1 aliphatic heterocycles. The maximum Gasteiger partial charge on any atom is 0.320 e. The minimum atomic E-state index is -0.689. The van der Waals surface area contributed by atoms with E-state index in [1.165, 1.54) is 19.3 Å². The van der Waals surface area contributed by atoms with Crippen molar-refractivity contribution < 1.29 is 19.4 Å². The Labute approximate surface area is 156 Å². The van der Waals surface area contributed by atoms with Crippen molar-refractivity contribution in [1.29, 1.82) is 0 Å². The van der Waals surface area contributed by atoms with Crippen LogP contribution in [0.5, 0.6) is 11.5 Å². The quantitative estimate of drug-likeness (QED) is 0.707. The minimum Gasteiger partial charge on any atom is -0.493 e. The lowest BCUT2D eigenvalue weighted by Gasteiger charge is -2.33. The third-order valence-corrected chi connectivity index (χ3v) is 5.85. The normalized spacial score (nSPS) is 25.7. The van der Waals surface area contributed by atoms with Crippen molar-refractivity contribution in [1.82, 2.24) is 4.90 Å². The summed E-state index contributed by atoms with van der Waals surface area (Å²) in [6, 6.07) is 6.02. The molecule has 26 heavy (non-hydrogen) atoms. The topological polar surface area (TPSA) is 59.0 Å². The van der Waals surface area contributed by atoms with Crippen molar-refractivity contribution in [2.75, 3.05) is 13.7 Å². The Morgan fingerprint density at radius 2 is 2.08 bits per heavy atom. The lowest BCUT2D eigenvalue weighted by Crippen LogP contribution is -2.41. The van der Waals surface area contributed by atoms with Gasteiger partial charge in [-0.05, 0) is 49.3 Å². The lowest BCUT2D eigenvalue weighted by molar-refractivity contribution is -0.142. The van der Waals surface area contributed by atoms with Crippen LogP contribution in [0.1, 0.15) is 57.4 Å². The zero-order valence-corrected chi connectivity index (χ0v) is 15.9. The van der Waals surface area contributed by atoms with E-state index in [-0.39, 0.29) is 6.04 Å². The Hall–Kier alpha value is -1.75. The van der Waals surface area contributed by atoms with Crippen LogP contribution in [-0.2, 0) is 11.3 Å². The zero-order chi connectivity index (χ0) is 18.5. The fraction of sp³-hybridized carbons (Fsp3) is 0.667. The number of carbonyl (C=O) groups is 1. The van der Waals surface area contributed by atoms with Crippen LogP contribution >= 0.6 is 0 Å². The van der Waals surface area contributed by atoms with Gasteiger partial charge < -0.3 is 14.6 Å². The number of methoxy groups -OCH3 is 1. The van der Waals surface area contributed by atoms with Crippen molar-refractivity contribution in [2.45, 2.75) is 70.5 Å². The molecule has 2 aliphatic rings. The summed E-state index contributed by atoms with van der Waals surface area (Å²) in [6.45, 7) is 3.48. The number of aliphatic carboxylic acids is 1. The molecule has 0 spiro atoms. The highest BCUT2D eigenvalue weighted by Crippen LogP contribution is 2.41. The van der Waals surface area contributed by atoms with E-state index in [0.717, 1.165) is 42.7 Å². The molecule has 1 saturated carbocycles.